The molecule has 3 rings (SSSR count). The van der Waals surface area contributed by atoms with Gasteiger partial charge in [-0.3, -0.25) is 9.59 Å². The van der Waals surface area contributed by atoms with Crippen molar-refractivity contribution < 1.29 is 27.9 Å². The van der Waals surface area contributed by atoms with Gasteiger partial charge in [0.15, 0.2) is 5.16 Å². The molecule has 0 saturated heterocycles. The van der Waals surface area contributed by atoms with Gasteiger partial charge in [-0.1, -0.05) is 47.6 Å². The minimum absolute atomic E-state index is 0.162. The fourth-order valence-corrected chi connectivity index (χ4v) is 3.88. The van der Waals surface area contributed by atoms with E-state index in [1.165, 1.54) is 29.0 Å². The molecule has 34 heavy (non-hydrogen) atoms. The van der Waals surface area contributed by atoms with Crippen LogP contribution in [0.3, 0.4) is 0 Å². The van der Waals surface area contributed by atoms with Gasteiger partial charge in [-0.2, -0.15) is 13.2 Å². The number of aromatic nitrogens is 2. The van der Waals surface area contributed by atoms with Gasteiger partial charge in [-0.05, 0) is 29.8 Å². The van der Waals surface area contributed by atoms with Crippen LogP contribution in [0.25, 0.3) is 0 Å². The molecule has 0 aliphatic rings. The van der Waals surface area contributed by atoms with Gasteiger partial charge in [0, 0.05) is 11.6 Å². The van der Waals surface area contributed by atoms with Gasteiger partial charge in [-0.15, -0.1) is 0 Å². The van der Waals surface area contributed by atoms with Crippen LogP contribution in [0.1, 0.15) is 16.8 Å². The predicted molar refractivity (Wildman–Crippen MR) is 122 cm³/mol. The number of anilines is 1. The maximum Gasteiger partial charge on any atom is 0.418 e. The number of hydrogen-bond donors (Lipinski definition) is 3. The molecule has 0 unspecified atom stereocenters. The molecule has 3 aromatic rings. The average Bonchev–Trinajstić information content (AvgIpc) is 3.18. The molecule has 0 fully saturated rings. The van der Waals surface area contributed by atoms with Crippen LogP contribution in [0.5, 0.6) is 0 Å². The number of imidazole rings is 1. The Kier molecular flexibility index (Phi) is 8.59. The van der Waals surface area contributed by atoms with E-state index in [0.29, 0.717) is 10.7 Å². The topological polar surface area (TPSA) is 96.2 Å². The summed E-state index contributed by atoms with van der Waals surface area (Å²) in [6, 6.07) is 11.6. The Balaban J connectivity index is 1.61. The third-order valence-electron chi connectivity index (χ3n) is 4.61. The van der Waals surface area contributed by atoms with E-state index in [1.807, 2.05) is 0 Å². The summed E-state index contributed by atoms with van der Waals surface area (Å²) in [5.74, 6) is -1.28. The Morgan fingerprint density at radius 2 is 1.79 bits per heavy atom. The number of carbonyl (C=O) groups is 2. The number of thioether (sulfide) groups is 1. The van der Waals surface area contributed by atoms with Gasteiger partial charge in [0.2, 0.25) is 11.8 Å². The molecule has 0 atom stereocenters. The van der Waals surface area contributed by atoms with E-state index in [4.69, 9.17) is 11.6 Å². The van der Waals surface area contributed by atoms with E-state index >= 15 is 0 Å². The van der Waals surface area contributed by atoms with E-state index < -0.39 is 17.6 Å². The molecule has 2 aromatic carbocycles. The summed E-state index contributed by atoms with van der Waals surface area (Å²) in [6.07, 6.45) is -3.24. The van der Waals surface area contributed by atoms with Crippen molar-refractivity contribution >= 4 is 40.9 Å². The fraction of sp³-hybridized carbons (Fsp3) is 0.227. The smallest absolute Gasteiger partial charge is 0.390 e. The molecule has 1 heterocycles. The lowest BCUT2D eigenvalue weighted by Gasteiger charge is -2.14. The number of aliphatic hydroxyl groups excluding tert-OH is 1. The van der Waals surface area contributed by atoms with E-state index in [9.17, 15) is 27.9 Å². The summed E-state index contributed by atoms with van der Waals surface area (Å²) in [5, 5.41) is 15.4. The van der Waals surface area contributed by atoms with Crippen molar-refractivity contribution in [1.29, 1.82) is 0 Å². The highest BCUT2D eigenvalue weighted by atomic mass is 35.5. The predicted octanol–water partition coefficient (Wildman–Crippen LogP) is 4.09. The number of aliphatic hydroxyl groups is 1. The molecule has 0 spiro atoms. The summed E-state index contributed by atoms with van der Waals surface area (Å²) in [4.78, 5) is 28.8. The number of alkyl halides is 3. The van der Waals surface area contributed by atoms with Crippen LogP contribution < -0.4 is 10.6 Å². The molecule has 0 aliphatic heterocycles. The fourth-order valence-electron chi connectivity index (χ4n) is 2.96. The summed E-state index contributed by atoms with van der Waals surface area (Å²) in [6.45, 7) is -0.282. The molecule has 180 valence electrons. The van der Waals surface area contributed by atoms with Crippen LogP contribution in [-0.2, 0) is 35.5 Å². The molecule has 1 aromatic heterocycles. The normalized spacial score (nSPS) is 11.3. The van der Waals surface area contributed by atoms with Crippen molar-refractivity contribution in [3.05, 3.63) is 76.6 Å². The zero-order valence-corrected chi connectivity index (χ0v) is 19.2. The van der Waals surface area contributed by atoms with E-state index in [0.717, 1.165) is 23.4 Å². The number of halogens is 4. The number of benzene rings is 2. The second kappa shape index (κ2) is 11.4. The first-order chi connectivity index (χ1) is 16.2. The number of carbonyl (C=O) groups excluding carboxylic acids is 2. The van der Waals surface area contributed by atoms with Crippen LogP contribution in [0, 0.1) is 0 Å². The Hall–Kier alpha value is -3.02. The van der Waals surface area contributed by atoms with Crippen LogP contribution in [0.15, 0.2) is 59.9 Å². The molecule has 0 aliphatic carbocycles. The van der Waals surface area contributed by atoms with E-state index in [1.54, 1.807) is 24.3 Å². The summed E-state index contributed by atoms with van der Waals surface area (Å²) in [5.41, 5.74) is -0.0977. The van der Waals surface area contributed by atoms with Gasteiger partial charge in [0.1, 0.15) is 6.54 Å². The van der Waals surface area contributed by atoms with Crippen molar-refractivity contribution in [3.63, 3.8) is 0 Å². The molecule has 0 radical (unpaired) electrons. The first-order valence-electron chi connectivity index (χ1n) is 9.92. The zero-order chi connectivity index (χ0) is 24.7. The third-order valence-corrected chi connectivity index (χ3v) is 5.85. The van der Waals surface area contributed by atoms with Crippen molar-refractivity contribution in [3.8, 4) is 0 Å². The molecular formula is C22H20ClF3N4O3S. The number of para-hydroxylation sites is 1. The first kappa shape index (κ1) is 25.6. The van der Waals surface area contributed by atoms with Crippen LogP contribution in [0.2, 0.25) is 5.02 Å². The standard InChI is InChI=1S/C22H20ClF3N4O3S/c23-15-7-5-14(6-8-15)9-27-19(32)11-30-16(12-31)10-28-21(30)34-13-20(33)29-18-4-2-1-3-17(18)22(24,25)26/h1-8,10,31H,9,11-13H2,(H,27,32)(H,29,33). The second-order valence-electron chi connectivity index (χ2n) is 7.06. The summed E-state index contributed by atoms with van der Waals surface area (Å²) >= 11 is 6.78. The van der Waals surface area contributed by atoms with Crippen molar-refractivity contribution in [1.82, 2.24) is 14.9 Å². The highest BCUT2D eigenvalue weighted by molar-refractivity contribution is 7.99. The van der Waals surface area contributed by atoms with Gasteiger partial charge in [0.05, 0.1) is 35.5 Å². The van der Waals surface area contributed by atoms with E-state index in [2.05, 4.69) is 15.6 Å². The minimum Gasteiger partial charge on any atom is -0.390 e. The van der Waals surface area contributed by atoms with Crippen molar-refractivity contribution in [2.24, 2.45) is 0 Å². The van der Waals surface area contributed by atoms with E-state index in [-0.39, 0.29) is 42.2 Å². The van der Waals surface area contributed by atoms with Crippen molar-refractivity contribution in [2.75, 3.05) is 11.1 Å². The molecule has 0 bridgehead atoms. The van der Waals surface area contributed by atoms with Gasteiger partial charge < -0.3 is 20.3 Å². The lowest BCUT2D eigenvalue weighted by Crippen LogP contribution is -2.28. The Labute approximate surface area is 202 Å². The molecular weight excluding hydrogens is 493 g/mol. The minimum atomic E-state index is -4.61. The maximum atomic E-state index is 13.1. The number of nitrogens with zero attached hydrogens (tertiary/aromatic N) is 2. The largest absolute Gasteiger partial charge is 0.418 e. The lowest BCUT2D eigenvalue weighted by molar-refractivity contribution is -0.137. The van der Waals surface area contributed by atoms with Gasteiger partial charge in [0.25, 0.3) is 0 Å². The quantitative estimate of drug-likeness (QED) is 0.375. The SMILES string of the molecule is O=C(Cn1c(CO)cnc1SCC(=O)Nc1ccccc1C(F)(F)F)NCc1ccc(Cl)cc1. The number of nitrogens with one attached hydrogen (secondary N) is 2. The van der Waals surface area contributed by atoms with Crippen LogP contribution in [-0.4, -0.2) is 32.2 Å². The molecule has 0 saturated carbocycles. The number of amides is 2. The van der Waals surface area contributed by atoms with Crippen molar-refractivity contribution in [2.45, 2.75) is 31.0 Å². The monoisotopic (exact) mass is 512 g/mol. The second-order valence-corrected chi connectivity index (χ2v) is 8.44. The molecule has 2 amide bonds. The summed E-state index contributed by atoms with van der Waals surface area (Å²) < 4.78 is 40.8. The lowest BCUT2D eigenvalue weighted by atomic mass is 10.1. The number of hydrogen-bond acceptors (Lipinski definition) is 5. The average molecular weight is 513 g/mol. The highest BCUT2D eigenvalue weighted by Gasteiger charge is 2.33. The molecule has 7 nitrogen and oxygen atoms in total. The van der Waals surface area contributed by atoms with Gasteiger partial charge >= 0.3 is 6.18 Å². The van der Waals surface area contributed by atoms with Crippen LogP contribution >= 0.6 is 23.4 Å². The molecule has 3 N–H and O–H groups in total. The highest BCUT2D eigenvalue weighted by Crippen LogP contribution is 2.34. The Morgan fingerprint density at radius 1 is 1.09 bits per heavy atom. The van der Waals surface area contributed by atoms with Crippen LogP contribution in [0.4, 0.5) is 18.9 Å². The number of rotatable bonds is 9. The zero-order valence-electron chi connectivity index (χ0n) is 17.6. The van der Waals surface area contributed by atoms with Gasteiger partial charge in [-0.25, -0.2) is 4.98 Å². The Morgan fingerprint density at radius 3 is 2.47 bits per heavy atom. The third kappa shape index (κ3) is 6.99. The Bertz CT molecular complexity index is 1150. The molecule has 12 heteroatoms. The summed E-state index contributed by atoms with van der Waals surface area (Å²) in [7, 11) is 0. The first-order valence-corrected chi connectivity index (χ1v) is 11.3. The maximum absolute atomic E-state index is 13.1.